The van der Waals surface area contributed by atoms with Crippen LogP contribution < -0.4 is 4.74 Å². The zero-order valence-corrected chi connectivity index (χ0v) is 19.5. The van der Waals surface area contributed by atoms with E-state index in [1.807, 2.05) is 34.9 Å². The van der Waals surface area contributed by atoms with E-state index in [0.717, 1.165) is 39.3 Å². The number of nitriles is 1. The fraction of sp³-hybridized carbons (Fsp3) is 0.185. The molecule has 1 aliphatic heterocycles. The van der Waals surface area contributed by atoms with Crippen molar-refractivity contribution in [1.29, 1.82) is 5.26 Å². The van der Waals surface area contributed by atoms with Crippen LogP contribution in [0.4, 0.5) is 4.39 Å². The molecule has 170 valence electrons. The maximum Gasteiger partial charge on any atom is 0.138 e. The highest BCUT2D eigenvalue weighted by Gasteiger charge is 2.23. The molecule has 7 heteroatoms. The van der Waals surface area contributed by atoms with Crippen molar-refractivity contribution in [2.75, 3.05) is 7.11 Å². The number of hydrogen-bond donors (Lipinski definition) is 0. The first kappa shape index (κ1) is 22.1. The lowest BCUT2D eigenvalue weighted by atomic mass is 9.89. The van der Waals surface area contributed by atoms with Gasteiger partial charge >= 0.3 is 0 Å². The summed E-state index contributed by atoms with van der Waals surface area (Å²) in [5, 5.41) is 10.3. The van der Waals surface area contributed by atoms with E-state index < -0.39 is 0 Å². The number of methoxy groups -OCH3 is 1. The lowest BCUT2D eigenvalue weighted by molar-refractivity contribution is 0.181. The van der Waals surface area contributed by atoms with E-state index in [0.29, 0.717) is 34.9 Å². The molecule has 5 rings (SSSR count). The van der Waals surface area contributed by atoms with Crippen LogP contribution in [0.25, 0.3) is 11.2 Å². The van der Waals surface area contributed by atoms with Crippen LogP contribution in [-0.4, -0.2) is 16.5 Å². The minimum absolute atomic E-state index is 0.273. The number of pyridine rings is 1. The van der Waals surface area contributed by atoms with Gasteiger partial charge in [-0.1, -0.05) is 29.8 Å². The third-order valence-corrected chi connectivity index (χ3v) is 6.24. The zero-order chi connectivity index (χ0) is 23.8. The van der Waals surface area contributed by atoms with Crippen LogP contribution in [0.15, 0.2) is 60.3 Å². The van der Waals surface area contributed by atoms with E-state index in [4.69, 9.17) is 26.1 Å². The van der Waals surface area contributed by atoms with Crippen LogP contribution in [0.5, 0.6) is 5.75 Å². The van der Waals surface area contributed by atoms with E-state index in [1.54, 1.807) is 20.1 Å². The van der Waals surface area contributed by atoms with Gasteiger partial charge in [0.15, 0.2) is 0 Å². The maximum absolute atomic E-state index is 13.9. The molecule has 5 nitrogen and oxygen atoms in total. The zero-order valence-electron chi connectivity index (χ0n) is 18.7. The molecular weight excluding hydrogens is 453 g/mol. The molecule has 0 radical (unpaired) electrons. The van der Waals surface area contributed by atoms with Crippen LogP contribution in [-0.2, 0) is 24.4 Å². The highest BCUT2D eigenvalue weighted by Crippen LogP contribution is 2.39. The van der Waals surface area contributed by atoms with Gasteiger partial charge in [0.25, 0.3) is 0 Å². The van der Waals surface area contributed by atoms with Gasteiger partial charge in [-0.15, -0.1) is 0 Å². The SMILES string of the molecule is COCc1nc2cc(Cl)ccn2c1Cc1ccc2c(c1)COc1cc(F)ccc1C2=C(C)C#N. The molecule has 0 N–H and O–H groups in total. The second-order valence-electron chi connectivity index (χ2n) is 8.22. The van der Waals surface area contributed by atoms with E-state index in [-0.39, 0.29) is 12.4 Å². The second-order valence-corrected chi connectivity index (χ2v) is 8.66. The lowest BCUT2D eigenvalue weighted by Gasteiger charge is -2.13. The summed E-state index contributed by atoms with van der Waals surface area (Å²) in [6, 6.07) is 16.5. The van der Waals surface area contributed by atoms with Gasteiger partial charge in [0, 0.05) is 53.6 Å². The van der Waals surface area contributed by atoms with Crippen LogP contribution in [0.1, 0.15) is 40.6 Å². The largest absolute Gasteiger partial charge is 0.488 e. The molecule has 34 heavy (non-hydrogen) atoms. The van der Waals surface area contributed by atoms with Gasteiger partial charge in [0.2, 0.25) is 0 Å². The number of rotatable bonds is 4. The normalized spacial score (nSPS) is 14.1. The third kappa shape index (κ3) is 3.94. The molecular formula is C27H21ClFN3O2. The minimum atomic E-state index is -0.377. The summed E-state index contributed by atoms with van der Waals surface area (Å²) < 4.78 is 27.3. The number of fused-ring (bicyclic) bond motifs is 3. The summed E-state index contributed by atoms with van der Waals surface area (Å²) in [5.41, 5.74) is 7.56. The highest BCUT2D eigenvalue weighted by atomic mass is 35.5. The van der Waals surface area contributed by atoms with Gasteiger partial charge in [-0.2, -0.15) is 5.26 Å². The van der Waals surface area contributed by atoms with Crippen molar-refractivity contribution < 1.29 is 13.9 Å². The van der Waals surface area contributed by atoms with Gasteiger partial charge in [0.1, 0.15) is 23.8 Å². The molecule has 0 saturated carbocycles. The topological polar surface area (TPSA) is 59.6 Å². The summed E-state index contributed by atoms with van der Waals surface area (Å²) in [7, 11) is 1.65. The van der Waals surface area contributed by atoms with Crippen LogP contribution in [0.2, 0.25) is 5.02 Å². The van der Waals surface area contributed by atoms with Crippen molar-refractivity contribution in [2.24, 2.45) is 0 Å². The third-order valence-electron chi connectivity index (χ3n) is 6.00. The molecule has 1 aliphatic rings. The smallest absolute Gasteiger partial charge is 0.138 e. The number of benzene rings is 2. The van der Waals surface area contributed by atoms with E-state index in [9.17, 15) is 9.65 Å². The number of imidazole rings is 1. The Balaban J connectivity index is 1.60. The van der Waals surface area contributed by atoms with Crippen molar-refractivity contribution in [1.82, 2.24) is 9.38 Å². The summed E-state index contributed by atoms with van der Waals surface area (Å²) in [5.74, 6) is 0.0566. The number of ether oxygens (including phenoxy) is 2. The predicted octanol–water partition coefficient (Wildman–Crippen LogP) is 6.10. The number of aromatic nitrogens is 2. The minimum Gasteiger partial charge on any atom is -0.488 e. The Morgan fingerprint density at radius 2 is 2.03 bits per heavy atom. The molecule has 0 atom stereocenters. The lowest BCUT2D eigenvalue weighted by Crippen LogP contribution is -2.02. The first-order chi connectivity index (χ1) is 16.5. The average Bonchev–Trinajstić information content (AvgIpc) is 3.06. The molecule has 0 aliphatic carbocycles. The first-order valence-electron chi connectivity index (χ1n) is 10.8. The Bertz CT molecular complexity index is 1500. The highest BCUT2D eigenvalue weighted by molar-refractivity contribution is 6.30. The first-order valence-corrected chi connectivity index (χ1v) is 11.2. The molecule has 0 saturated heterocycles. The van der Waals surface area contributed by atoms with Crippen molar-refractivity contribution in [2.45, 2.75) is 26.6 Å². The van der Waals surface area contributed by atoms with Crippen LogP contribution in [0, 0.1) is 17.1 Å². The Morgan fingerprint density at radius 1 is 1.21 bits per heavy atom. The van der Waals surface area contributed by atoms with Gasteiger partial charge in [-0.3, -0.25) is 0 Å². The number of allylic oxidation sites excluding steroid dienone is 1. The molecule has 3 heterocycles. The summed E-state index contributed by atoms with van der Waals surface area (Å²) in [4.78, 5) is 4.69. The van der Waals surface area contributed by atoms with Gasteiger partial charge in [-0.25, -0.2) is 9.37 Å². The predicted molar refractivity (Wildman–Crippen MR) is 128 cm³/mol. The Morgan fingerprint density at radius 3 is 2.82 bits per heavy atom. The van der Waals surface area contributed by atoms with Crippen molar-refractivity contribution in [3.05, 3.63) is 105 Å². The molecule has 2 aromatic heterocycles. The van der Waals surface area contributed by atoms with Gasteiger partial charge in [0.05, 0.1) is 24.1 Å². The van der Waals surface area contributed by atoms with Gasteiger partial charge in [-0.05, 0) is 41.8 Å². The Labute approximate surface area is 201 Å². The molecule has 4 aromatic rings. The Hall–Kier alpha value is -3.66. The van der Waals surface area contributed by atoms with Crippen LogP contribution >= 0.6 is 11.6 Å². The number of halogens is 2. The molecule has 0 unspecified atom stereocenters. The van der Waals surface area contributed by atoms with E-state index in [2.05, 4.69) is 12.1 Å². The summed E-state index contributed by atoms with van der Waals surface area (Å²) in [6.07, 6.45) is 2.53. The van der Waals surface area contributed by atoms with E-state index in [1.165, 1.54) is 12.1 Å². The summed E-state index contributed by atoms with van der Waals surface area (Å²) >= 11 is 6.16. The Kier molecular flexibility index (Phi) is 5.82. The second kappa shape index (κ2) is 8.94. The average molecular weight is 474 g/mol. The monoisotopic (exact) mass is 473 g/mol. The van der Waals surface area contributed by atoms with Crippen molar-refractivity contribution in [3.8, 4) is 11.8 Å². The van der Waals surface area contributed by atoms with Crippen molar-refractivity contribution in [3.63, 3.8) is 0 Å². The van der Waals surface area contributed by atoms with Crippen molar-refractivity contribution >= 4 is 22.8 Å². The number of nitrogens with zero attached hydrogens (tertiary/aromatic N) is 3. The molecule has 0 fully saturated rings. The molecule has 0 amide bonds. The number of hydrogen-bond acceptors (Lipinski definition) is 4. The molecule has 0 bridgehead atoms. The molecule has 0 spiro atoms. The fourth-order valence-corrected chi connectivity index (χ4v) is 4.61. The van der Waals surface area contributed by atoms with E-state index >= 15 is 0 Å². The fourth-order valence-electron chi connectivity index (χ4n) is 4.46. The molecule has 2 aromatic carbocycles. The van der Waals surface area contributed by atoms with Gasteiger partial charge < -0.3 is 13.9 Å². The summed E-state index contributed by atoms with van der Waals surface area (Å²) in [6.45, 7) is 2.43. The maximum atomic E-state index is 13.9. The standard InChI is InChI=1S/C27H21ClFN3O2/c1-16(13-30)27-21-5-3-17(9-18(21)14-34-25-12-20(29)4-6-22(25)27)10-24-23(15-33-2)31-26-11-19(28)7-8-32(24)26/h3-9,11-12H,10,14-15H2,1-2H3. The van der Waals surface area contributed by atoms with Crippen LogP contribution in [0.3, 0.4) is 0 Å². The quantitative estimate of drug-likeness (QED) is 0.336.